The Morgan fingerprint density at radius 1 is 1.07 bits per heavy atom. The summed E-state index contributed by atoms with van der Waals surface area (Å²) >= 11 is 11.8. The number of nitrogens with zero attached hydrogens (tertiary/aromatic N) is 3. The van der Waals surface area contributed by atoms with Crippen molar-refractivity contribution in [1.82, 2.24) is 9.80 Å². The van der Waals surface area contributed by atoms with Crippen molar-refractivity contribution in [2.75, 3.05) is 38.0 Å². The lowest BCUT2D eigenvalue weighted by molar-refractivity contribution is -0.384. The van der Waals surface area contributed by atoms with Gasteiger partial charge in [0.1, 0.15) is 5.02 Å². The SMILES string of the molecule is O=C(CN1CCN(Cc2cccc(Cl)c2)CC1)Nc1ccc(Cl)c([N+](=O)[O-])c1. The molecule has 1 fully saturated rings. The van der Waals surface area contributed by atoms with Crippen LogP contribution in [0, 0.1) is 10.1 Å². The number of hydrogen-bond donors (Lipinski definition) is 1. The fourth-order valence-corrected chi connectivity index (χ4v) is 3.53. The molecule has 1 N–H and O–H groups in total. The molecule has 1 aliphatic rings. The average molecular weight is 423 g/mol. The number of benzene rings is 2. The zero-order valence-electron chi connectivity index (χ0n) is 15.1. The van der Waals surface area contributed by atoms with E-state index in [-0.39, 0.29) is 23.2 Å². The Kier molecular flexibility index (Phi) is 6.85. The highest BCUT2D eigenvalue weighted by Gasteiger charge is 2.20. The quantitative estimate of drug-likeness (QED) is 0.567. The van der Waals surface area contributed by atoms with Gasteiger partial charge in [-0.15, -0.1) is 0 Å². The molecule has 3 rings (SSSR count). The third-order valence-electron chi connectivity index (χ3n) is 4.55. The number of carbonyl (C=O) groups excluding carboxylic acids is 1. The molecule has 1 aliphatic heterocycles. The smallest absolute Gasteiger partial charge is 0.289 e. The van der Waals surface area contributed by atoms with Crippen molar-refractivity contribution in [3.63, 3.8) is 0 Å². The molecule has 9 heteroatoms. The predicted molar refractivity (Wildman–Crippen MR) is 110 cm³/mol. The fraction of sp³-hybridized carbons (Fsp3) is 0.316. The highest BCUT2D eigenvalue weighted by Crippen LogP contribution is 2.27. The molecular formula is C19H20Cl2N4O3. The van der Waals surface area contributed by atoms with Gasteiger partial charge in [-0.2, -0.15) is 0 Å². The van der Waals surface area contributed by atoms with E-state index < -0.39 is 4.92 Å². The van der Waals surface area contributed by atoms with Gasteiger partial charge in [0.15, 0.2) is 0 Å². The Bertz CT molecular complexity index is 870. The van der Waals surface area contributed by atoms with Gasteiger partial charge < -0.3 is 5.32 Å². The molecule has 0 bridgehead atoms. The second-order valence-electron chi connectivity index (χ2n) is 6.65. The number of rotatable bonds is 6. The van der Waals surface area contributed by atoms with Crippen LogP contribution in [0.5, 0.6) is 0 Å². The van der Waals surface area contributed by atoms with Crippen LogP contribution in [0.2, 0.25) is 10.0 Å². The van der Waals surface area contributed by atoms with Gasteiger partial charge in [0.05, 0.1) is 11.5 Å². The minimum absolute atomic E-state index is 0.0406. The lowest BCUT2D eigenvalue weighted by Crippen LogP contribution is -2.48. The van der Waals surface area contributed by atoms with Crippen molar-refractivity contribution in [2.24, 2.45) is 0 Å². The summed E-state index contributed by atoms with van der Waals surface area (Å²) in [5.41, 5.74) is 1.30. The van der Waals surface area contributed by atoms with Crippen molar-refractivity contribution in [3.8, 4) is 0 Å². The van der Waals surface area contributed by atoms with Crippen LogP contribution >= 0.6 is 23.2 Å². The molecule has 0 radical (unpaired) electrons. The second kappa shape index (κ2) is 9.34. The highest BCUT2D eigenvalue weighted by molar-refractivity contribution is 6.32. The molecule has 0 aromatic heterocycles. The normalized spacial score (nSPS) is 15.4. The summed E-state index contributed by atoms with van der Waals surface area (Å²) in [7, 11) is 0. The first kappa shape index (κ1) is 20.5. The van der Waals surface area contributed by atoms with E-state index in [4.69, 9.17) is 23.2 Å². The minimum Gasteiger partial charge on any atom is -0.325 e. The summed E-state index contributed by atoms with van der Waals surface area (Å²) in [6.07, 6.45) is 0. The third kappa shape index (κ3) is 5.65. The summed E-state index contributed by atoms with van der Waals surface area (Å²) < 4.78 is 0. The molecular weight excluding hydrogens is 403 g/mol. The number of nitrogens with one attached hydrogen (secondary N) is 1. The summed E-state index contributed by atoms with van der Waals surface area (Å²) in [5.74, 6) is -0.208. The molecule has 28 heavy (non-hydrogen) atoms. The fourth-order valence-electron chi connectivity index (χ4n) is 3.13. The highest BCUT2D eigenvalue weighted by atomic mass is 35.5. The van der Waals surface area contributed by atoms with Crippen LogP contribution in [-0.4, -0.2) is 53.4 Å². The van der Waals surface area contributed by atoms with Crippen molar-refractivity contribution in [1.29, 1.82) is 0 Å². The number of halogens is 2. The molecule has 1 amide bonds. The van der Waals surface area contributed by atoms with Crippen molar-refractivity contribution < 1.29 is 9.72 Å². The largest absolute Gasteiger partial charge is 0.325 e. The molecule has 1 heterocycles. The zero-order valence-corrected chi connectivity index (χ0v) is 16.6. The van der Waals surface area contributed by atoms with Crippen molar-refractivity contribution in [3.05, 3.63) is 68.2 Å². The van der Waals surface area contributed by atoms with Gasteiger partial charge in [-0.1, -0.05) is 35.3 Å². The summed E-state index contributed by atoms with van der Waals surface area (Å²) in [6.45, 7) is 4.32. The number of hydrogen-bond acceptors (Lipinski definition) is 5. The maximum Gasteiger partial charge on any atom is 0.289 e. The first-order valence-electron chi connectivity index (χ1n) is 8.83. The first-order chi connectivity index (χ1) is 13.4. The number of carbonyl (C=O) groups is 1. The van der Waals surface area contributed by atoms with E-state index >= 15 is 0 Å². The van der Waals surface area contributed by atoms with E-state index in [1.165, 1.54) is 17.7 Å². The standard InChI is InChI=1S/C19H20Cl2N4O3/c20-15-3-1-2-14(10-15)12-23-6-8-24(9-7-23)13-19(26)22-16-4-5-17(21)18(11-16)25(27)28/h1-5,10-11H,6-9,12-13H2,(H,22,26). The first-order valence-corrected chi connectivity index (χ1v) is 9.59. The van der Waals surface area contributed by atoms with Crippen LogP contribution in [0.25, 0.3) is 0 Å². The number of nitro groups is 1. The Hall–Kier alpha value is -2.19. The molecule has 0 saturated carbocycles. The number of amides is 1. The minimum atomic E-state index is -0.572. The predicted octanol–water partition coefficient (Wildman–Crippen LogP) is 3.66. The molecule has 0 unspecified atom stereocenters. The lowest BCUT2D eigenvalue weighted by Gasteiger charge is -2.34. The molecule has 2 aromatic rings. The van der Waals surface area contributed by atoms with E-state index in [9.17, 15) is 14.9 Å². The molecule has 148 valence electrons. The van der Waals surface area contributed by atoms with Crippen LogP contribution in [0.1, 0.15) is 5.56 Å². The van der Waals surface area contributed by atoms with Crippen LogP contribution in [0.3, 0.4) is 0 Å². The van der Waals surface area contributed by atoms with E-state index in [1.54, 1.807) is 6.07 Å². The zero-order chi connectivity index (χ0) is 20.1. The van der Waals surface area contributed by atoms with E-state index in [0.717, 1.165) is 37.7 Å². The number of nitro benzene ring substituents is 1. The molecule has 0 aliphatic carbocycles. The summed E-state index contributed by atoms with van der Waals surface area (Å²) in [5, 5.41) is 14.4. The number of anilines is 1. The van der Waals surface area contributed by atoms with E-state index in [1.807, 2.05) is 18.2 Å². The van der Waals surface area contributed by atoms with Gasteiger partial charge in [-0.05, 0) is 29.8 Å². The molecule has 0 spiro atoms. The topological polar surface area (TPSA) is 78.7 Å². The number of piperazine rings is 1. The molecule has 7 nitrogen and oxygen atoms in total. The Morgan fingerprint density at radius 2 is 1.79 bits per heavy atom. The maximum atomic E-state index is 12.3. The van der Waals surface area contributed by atoms with Crippen molar-refractivity contribution in [2.45, 2.75) is 6.54 Å². The van der Waals surface area contributed by atoms with Gasteiger partial charge in [-0.3, -0.25) is 24.7 Å². The summed E-state index contributed by atoms with van der Waals surface area (Å²) in [6, 6.07) is 12.0. The lowest BCUT2D eigenvalue weighted by atomic mass is 10.2. The van der Waals surface area contributed by atoms with Gasteiger partial charge in [-0.25, -0.2) is 0 Å². The van der Waals surface area contributed by atoms with Crippen LogP contribution < -0.4 is 5.32 Å². The summed E-state index contributed by atoms with van der Waals surface area (Å²) in [4.78, 5) is 27.0. The van der Waals surface area contributed by atoms with Crippen LogP contribution in [0.4, 0.5) is 11.4 Å². The van der Waals surface area contributed by atoms with Gasteiger partial charge in [0.25, 0.3) is 5.69 Å². The van der Waals surface area contributed by atoms with Gasteiger partial charge >= 0.3 is 0 Å². The van der Waals surface area contributed by atoms with Crippen LogP contribution in [-0.2, 0) is 11.3 Å². The van der Waals surface area contributed by atoms with E-state index in [2.05, 4.69) is 21.2 Å². The monoisotopic (exact) mass is 422 g/mol. The van der Waals surface area contributed by atoms with Gasteiger partial charge in [0, 0.05) is 49.5 Å². The van der Waals surface area contributed by atoms with Gasteiger partial charge in [0.2, 0.25) is 5.91 Å². The molecule has 0 atom stereocenters. The Balaban J connectivity index is 1.47. The molecule has 2 aromatic carbocycles. The third-order valence-corrected chi connectivity index (χ3v) is 5.11. The van der Waals surface area contributed by atoms with E-state index in [0.29, 0.717) is 5.69 Å². The average Bonchev–Trinajstić information content (AvgIpc) is 2.65. The van der Waals surface area contributed by atoms with Crippen LogP contribution in [0.15, 0.2) is 42.5 Å². The molecule has 1 saturated heterocycles. The Labute approximate surface area is 173 Å². The maximum absolute atomic E-state index is 12.3. The van der Waals surface area contributed by atoms with Crippen molar-refractivity contribution >= 4 is 40.5 Å². The second-order valence-corrected chi connectivity index (χ2v) is 7.50. The Morgan fingerprint density at radius 3 is 2.46 bits per heavy atom.